The minimum absolute atomic E-state index is 0.0131. The Hall–Kier alpha value is -1.45. The quantitative estimate of drug-likeness (QED) is 0.870. The lowest BCUT2D eigenvalue weighted by molar-refractivity contribution is -0.139. The van der Waals surface area contributed by atoms with Crippen LogP contribution in [0.5, 0.6) is 0 Å². The smallest absolute Gasteiger partial charge is 0.394 e. The molecule has 2 rings (SSSR count). The molecule has 0 radical (unpaired) electrons. The SMILES string of the molecule is OCCn1nc(Br)nc1C(O)c1ccccc1C(F)(F)F. The topological polar surface area (TPSA) is 71.2 Å². The molecule has 0 amide bonds. The van der Waals surface area contributed by atoms with Crippen molar-refractivity contribution < 1.29 is 23.4 Å². The molecular formula is C12H11BrF3N3O2. The summed E-state index contributed by atoms with van der Waals surface area (Å²) in [6, 6.07) is 4.71. The van der Waals surface area contributed by atoms with Gasteiger partial charge in [0.15, 0.2) is 5.82 Å². The molecule has 2 aromatic rings. The van der Waals surface area contributed by atoms with E-state index in [1.54, 1.807) is 0 Å². The minimum Gasteiger partial charge on any atom is -0.394 e. The fourth-order valence-corrected chi connectivity index (χ4v) is 2.29. The van der Waals surface area contributed by atoms with Gasteiger partial charge in [0.2, 0.25) is 4.73 Å². The van der Waals surface area contributed by atoms with E-state index >= 15 is 0 Å². The van der Waals surface area contributed by atoms with Gasteiger partial charge in [-0.25, -0.2) is 9.67 Å². The van der Waals surface area contributed by atoms with E-state index in [9.17, 15) is 18.3 Å². The molecule has 0 saturated heterocycles. The van der Waals surface area contributed by atoms with Gasteiger partial charge in [-0.15, -0.1) is 5.10 Å². The molecule has 0 spiro atoms. The number of aliphatic hydroxyl groups is 2. The van der Waals surface area contributed by atoms with Gasteiger partial charge in [-0.05, 0) is 22.0 Å². The van der Waals surface area contributed by atoms with Gasteiger partial charge in [-0.2, -0.15) is 13.2 Å². The first-order valence-corrected chi connectivity index (χ1v) is 6.69. The van der Waals surface area contributed by atoms with Crippen molar-refractivity contribution in [2.24, 2.45) is 0 Å². The lowest BCUT2D eigenvalue weighted by Crippen LogP contribution is -2.17. The molecular weight excluding hydrogens is 355 g/mol. The number of hydrogen-bond acceptors (Lipinski definition) is 4. The van der Waals surface area contributed by atoms with Gasteiger partial charge in [0.05, 0.1) is 18.7 Å². The molecule has 0 bridgehead atoms. The minimum atomic E-state index is -4.59. The van der Waals surface area contributed by atoms with Crippen molar-refractivity contribution in [2.45, 2.75) is 18.8 Å². The molecule has 0 fully saturated rings. The fraction of sp³-hybridized carbons (Fsp3) is 0.333. The molecule has 1 aromatic heterocycles. The lowest BCUT2D eigenvalue weighted by Gasteiger charge is -2.17. The average Bonchev–Trinajstić information content (AvgIpc) is 2.78. The van der Waals surface area contributed by atoms with Gasteiger partial charge in [0, 0.05) is 5.56 Å². The number of hydrogen-bond donors (Lipinski definition) is 2. The summed E-state index contributed by atoms with van der Waals surface area (Å²) < 4.78 is 40.2. The maximum Gasteiger partial charge on any atom is 0.416 e. The molecule has 2 N–H and O–H groups in total. The molecule has 5 nitrogen and oxygen atoms in total. The molecule has 1 atom stereocenters. The first kappa shape index (κ1) is 15.9. The molecule has 0 aliphatic rings. The Kier molecular flexibility index (Phi) is 4.64. The summed E-state index contributed by atoms with van der Waals surface area (Å²) >= 11 is 2.99. The average molecular weight is 366 g/mol. The van der Waals surface area contributed by atoms with Crippen molar-refractivity contribution in [3.63, 3.8) is 0 Å². The Morgan fingerprint density at radius 3 is 2.57 bits per heavy atom. The van der Waals surface area contributed by atoms with E-state index in [1.165, 1.54) is 18.2 Å². The summed E-state index contributed by atoms with van der Waals surface area (Å²) in [7, 11) is 0. The number of benzene rings is 1. The second kappa shape index (κ2) is 6.12. The summed E-state index contributed by atoms with van der Waals surface area (Å²) in [4.78, 5) is 3.87. The zero-order valence-corrected chi connectivity index (χ0v) is 12.1. The number of halogens is 4. The van der Waals surface area contributed by atoms with Crippen LogP contribution < -0.4 is 0 Å². The molecule has 0 saturated carbocycles. The second-order valence-electron chi connectivity index (χ2n) is 4.17. The zero-order chi connectivity index (χ0) is 15.6. The summed E-state index contributed by atoms with van der Waals surface area (Å²) in [6.45, 7) is -0.268. The number of aromatic nitrogens is 3. The molecule has 0 aliphatic heterocycles. The van der Waals surface area contributed by atoms with Crippen molar-refractivity contribution in [1.29, 1.82) is 0 Å². The van der Waals surface area contributed by atoms with Gasteiger partial charge in [0.1, 0.15) is 6.10 Å². The highest BCUT2D eigenvalue weighted by Gasteiger charge is 2.36. The Morgan fingerprint density at radius 1 is 1.29 bits per heavy atom. The van der Waals surface area contributed by atoms with E-state index in [1.807, 2.05) is 0 Å². The highest BCUT2D eigenvalue weighted by Crippen LogP contribution is 2.36. The summed E-state index contributed by atoms with van der Waals surface area (Å²) in [5.74, 6) is -0.0763. The molecule has 1 heterocycles. The van der Waals surface area contributed by atoms with Crippen LogP contribution in [-0.4, -0.2) is 31.6 Å². The highest BCUT2D eigenvalue weighted by atomic mass is 79.9. The van der Waals surface area contributed by atoms with Gasteiger partial charge in [-0.3, -0.25) is 0 Å². The van der Waals surface area contributed by atoms with Crippen LogP contribution in [0.4, 0.5) is 13.2 Å². The van der Waals surface area contributed by atoms with Crippen molar-refractivity contribution in [3.05, 3.63) is 46.0 Å². The maximum absolute atomic E-state index is 13.0. The third-order valence-electron chi connectivity index (χ3n) is 2.79. The van der Waals surface area contributed by atoms with Crippen LogP contribution in [0.15, 0.2) is 29.0 Å². The summed E-state index contributed by atoms with van der Waals surface area (Å²) in [6.07, 6.45) is -6.19. The van der Waals surface area contributed by atoms with Crippen LogP contribution in [0.2, 0.25) is 0 Å². The normalized spacial score (nSPS) is 13.4. The van der Waals surface area contributed by atoms with Crippen molar-refractivity contribution in [3.8, 4) is 0 Å². The predicted molar refractivity (Wildman–Crippen MR) is 70.3 cm³/mol. The van der Waals surface area contributed by atoms with E-state index in [0.717, 1.165) is 10.7 Å². The van der Waals surface area contributed by atoms with Crippen LogP contribution in [-0.2, 0) is 12.7 Å². The number of alkyl halides is 3. The van der Waals surface area contributed by atoms with E-state index in [0.29, 0.717) is 0 Å². The van der Waals surface area contributed by atoms with E-state index < -0.39 is 17.8 Å². The van der Waals surface area contributed by atoms with Crippen molar-refractivity contribution in [1.82, 2.24) is 14.8 Å². The van der Waals surface area contributed by atoms with Gasteiger partial charge < -0.3 is 10.2 Å². The third kappa shape index (κ3) is 3.42. The first-order valence-electron chi connectivity index (χ1n) is 5.90. The number of nitrogens with zero attached hydrogens (tertiary/aromatic N) is 3. The van der Waals surface area contributed by atoms with Crippen LogP contribution in [0, 0.1) is 0 Å². The first-order chi connectivity index (χ1) is 9.84. The summed E-state index contributed by atoms with van der Waals surface area (Å²) in [5, 5.41) is 23.0. The molecule has 1 aromatic carbocycles. The Bertz CT molecular complexity index is 630. The molecule has 21 heavy (non-hydrogen) atoms. The van der Waals surface area contributed by atoms with Crippen LogP contribution >= 0.6 is 15.9 Å². The largest absolute Gasteiger partial charge is 0.416 e. The standard InChI is InChI=1S/C12H11BrF3N3O2/c13-11-17-10(19(18-11)5-6-20)9(21)7-3-1-2-4-8(7)12(14,15)16/h1-4,9,20-21H,5-6H2. The van der Waals surface area contributed by atoms with Crippen LogP contribution in [0.1, 0.15) is 23.1 Å². The summed E-state index contributed by atoms with van der Waals surface area (Å²) in [5.41, 5.74) is -1.25. The Morgan fingerprint density at radius 2 is 1.95 bits per heavy atom. The predicted octanol–water partition coefficient (Wildman–Crippen LogP) is 2.13. The van der Waals surface area contributed by atoms with E-state index in [4.69, 9.17) is 5.11 Å². The molecule has 1 unspecified atom stereocenters. The van der Waals surface area contributed by atoms with Crippen molar-refractivity contribution >= 4 is 15.9 Å². The van der Waals surface area contributed by atoms with Crippen LogP contribution in [0.3, 0.4) is 0 Å². The highest BCUT2D eigenvalue weighted by molar-refractivity contribution is 9.10. The fourth-order valence-electron chi connectivity index (χ4n) is 1.92. The van der Waals surface area contributed by atoms with Gasteiger partial charge in [0.25, 0.3) is 0 Å². The molecule has 9 heteroatoms. The monoisotopic (exact) mass is 365 g/mol. The Balaban J connectivity index is 2.48. The Labute approximate surface area is 126 Å². The van der Waals surface area contributed by atoms with Crippen molar-refractivity contribution in [2.75, 3.05) is 6.61 Å². The van der Waals surface area contributed by atoms with Gasteiger partial charge >= 0.3 is 6.18 Å². The van der Waals surface area contributed by atoms with E-state index in [-0.39, 0.29) is 29.3 Å². The lowest BCUT2D eigenvalue weighted by atomic mass is 10.0. The third-order valence-corrected chi connectivity index (χ3v) is 3.13. The number of aliphatic hydroxyl groups excluding tert-OH is 2. The second-order valence-corrected chi connectivity index (χ2v) is 4.88. The number of rotatable bonds is 4. The molecule has 114 valence electrons. The van der Waals surface area contributed by atoms with E-state index in [2.05, 4.69) is 26.0 Å². The maximum atomic E-state index is 13.0. The van der Waals surface area contributed by atoms with Gasteiger partial charge in [-0.1, -0.05) is 18.2 Å². The van der Waals surface area contributed by atoms with Crippen LogP contribution in [0.25, 0.3) is 0 Å². The zero-order valence-electron chi connectivity index (χ0n) is 10.5. The molecule has 0 aliphatic carbocycles.